The molecule has 0 aliphatic heterocycles. The van der Waals surface area contributed by atoms with Crippen LogP contribution >= 0.6 is 11.6 Å². The van der Waals surface area contributed by atoms with Crippen LogP contribution in [0.15, 0.2) is 53.6 Å². The molecule has 0 spiro atoms. The van der Waals surface area contributed by atoms with Gasteiger partial charge in [-0.15, -0.1) is 0 Å². The number of aromatic nitrogens is 3. The minimum atomic E-state index is -4.52. The third kappa shape index (κ3) is 4.17. The average Bonchev–Trinajstić information content (AvgIpc) is 2.65. The average molecular weight is 410 g/mol. The molecular weight excluding hydrogens is 395 g/mol. The minimum absolute atomic E-state index is 0.0344. The Morgan fingerprint density at radius 2 is 1.75 bits per heavy atom. The topological polar surface area (TPSA) is 57.0 Å². The van der Waals surface area contributed by atoms with Gasteiger partial charge in [0.1, 0.15) is 5.75 Å². The van der Waals surface area contributed by atoms with Crippen molar-refractivity contribution < 1.29 is 17.9 Å². The smallest absolute Gasteiger partial charge is 0.417 e. The summed E-state index contributed by atoms with van der Waals surface area (Å²) in [7, 11) is 0. The highest BCUT2D eigenvalue weighted by molar-refractivity contribution is 6.31. The van der Waals surface area contributed by atoms with Crippen LogP contribution in [0.3, 0.4) is 0 Å². The van der Waals surface area contributed by atoms with E-state index in [2.05, 4.69) is 23.9 Å². The lowest BCUT2D eigenvalue weighted by molar-refractivity contribution is -0.137. The van der Waals surface area contributed by atoms with Crippen molar-refractivity contribution in [3.05, 3.63) is 75.3 Å². The van der Waals surface area contributed by atoms with Crippen molar-refractivity contribution in [2.24, 2.45) is 0 Å². The van der Waals surface area contributed by atoms with Gasteiger partial charge in [0.05, 0.1) is 11.8 Å². The molecule has 5 nitrogen and oxygen atoms in total. The van der Waals surface area contributed by atoms with E-state index >= 15 is 0 Å². The van der Waals surface area contributed by atoms with Crippen LogP contribution in [0.5, 0.6) is 11.5 Å². The number of halogens is 4. The van der Waals surface area contributed by atoms with Crippen molar-refractivity contribution in [3.8, 4) is 17.3 Å². The zero-order valence-electron chi connectivity index (χ0n) is 14.9. The van der Waals surface area contributed by atoms with E-state index in [0.717, 1.165) is 22.4 Å². The van der Waals surface area contributed by atoms with Crippen LogP contribution in [-0.2, 0) is 6.18 Å². The monoisotopic (exact) mass is 409 g/mol. The number of hydrogen-bond acceptors (Lipinski definition) is 4. The molecule has 0 amide bonds. The SMILES string of the molecule is CC(C)c1ccc(Oc2cnn(-c3ccc(C(F)(F)F)cn3)c(=O)c2Cl)cc1. The molecule has 146 valence electrons. The maximum Gasteiger partial charge on any atom is 0.417 e. The molecule has 0 aliphatic carbocycles. The molecule has 2 aromatic heterocycles. The molecule has 2 heterocycles. The molecule has 0 aliphatic rings. The number of hydrogen-bond donors (Lipinski definition) is 0. The summed E-state index contributed by atoms with van der Waals surface area (Å²) in [5.74, 6) is 0.775. The zero-order chi connectivity index (χ0) is 20.5. The van der Waals surface area contributed by atoms with Gasteiger partial charge in [0, 0.05) is 6.20 Å². The summed E-state index contributed by atoms with van der Waals surface area (Å²) in [6, 6.07) is 9.14. The third-order valence-electron chi connectivity index (χ3n) is 3.95. The second kappa shape index (κ2) is 7.63. The Labute approximate surface area is 163 Å². The van der Waals surface area contributed by atoms with E-state index in [1.54, 1.807) is 12.1 Å². The van der Waals surface area contributed by atoms with Crippen LogP contribution in [0.1, 0.15) is 30.9 Å². The van der Waals surface area contributed by atoms with Crippen LogP contribution in [0.2, 0.25) is 5.02 Å². The van der Waals surface area contributed by atoms with E-state index in [0.29, 0.717) is 17.9 Å². The maximum atomic E-state index is 12.6. The first-order chi connectivity index (χ1) is 13.2. The van der Waals surface area contributed by atoms with Crippen molar-refractivity contribution >= 4 is 11.6 Å². The molecular formula is C19H15ClF3N3O2. The Morgan fingerprint density at radius 1 is 1.07 bits per heavy atom. The number of rotatable bonds is 4. The number of benzene rings is 1. The third-order valence-corrected chi connectivity index (χ3v) is 4.30. The van der Waals surface area contributed by atoms with Crippen molar-refractivity contribution in [2.45, 2.75) is 25.9 Å². The van der Waals surface area contributed by atoms with Gasteiger partial charge in [-0.05, 0) is 35.7 Å². The van der Waals surface area contributed by atoms with Gasteiger partial charge in [-0.2, -0.15) is 23.0 Å². The van der Waals surface area contributed by atoms with E-state index in [4.69, 9.17) is 16.3 Å². The predicted molar refractivity (Wildman–Crippen MR) is 98.2 cm³/mol. The predicted octanol–water partition coefficient (Wildman–Crippen LogP) is 5.22. The van der Waals surface area contributed by atoms with E-state index in [-0.39, 0.29) is 16.6 Å². The fourth-order valence-electron chi connectivity index (χ4n) is 2.38. The van der Waals surface area contributed by atoms with Gasteiger partial charge >= 0.3 is 6.18 Å². The summed E-state index contributed by atoms with van der Waals surface area (Å²) in [6.45, 7) is 4.12. The van der Waals surface area contributed by atoms with Crippen molar-refractivity contribution in [3.63, 3.8) is 0 Å². The highest BCUT2D eigenvalue weighted by Gasteiger charge is 2.30. The van der Waals surface area contributed by atoms with Crippen LogP contribution in [0.25, 0.3) is 5.82 Å². The fraction of sp³-hybridized carbons (Fsp3) is 0.211. The van der Waals surface area contributed by atoms with Crippen LogP contribution in [0, 0.1) is 0 Å². The Morgan fingerprint density at radius 3 is 2.29 bits per heavy atom. The Kier molecular flexibility index (Phi) is 5.42. The van der Waals surface area contributed by atoms with E-state index in [9.17, 15) is 18.0 Å². The Bertz CT molecular complexity index is 1030. The molecule has 0 unspecified atom stereocenters. The summed E-state index contributed by atoms with van der Waals surface area (Å²) < 4.78 is 44.3. The van der Waals surface area contributed by atoms with Gasteiger partial charge < -0.3 is 4.74 Å². The summed E-state index contributed by atoms with van der Waals surface area (Å²) in [6.07, 6.45) is -2.69. The summed E-state index contributed by atoms with van der Waals surface area (Å²) >= 11 is 6.08. The first kappa shape index (κ1) is 19.9. The van der Waals surface area contributed by atoms with Gasteiger partial charge in [0.2, 0.25) is 0 Å². The molecule has 0 saturated heterocycles. The normalized spacial score (nSPS) is 11.7. The molecule has 0 fully saturated rings. The molecule has 0 N–H and O–H groups in total. The summed E-state index contributed by atoms with van der Waals surface area (Å²) in [4.78, 5) is 16.1. The Hall–Kier alpha value is -2.87. The molecule has 0 saturated carbocycles. The molecule has 0 radical (unpaired) electrons. The Balaban J connectivity index is 1.88. The van der Waals surface area contributed by atoms with E-state index < -0.39 is 17.3 Å². The highest BCUT2D eigenvalue weighted by atomic mass is 35.5. The summed E-state index contributed by atoms with van der Waals surface area (Å²) in [5.41, 5.74) is -0.564. The second-order valence-corrected chi connectivity index (χ2v) is 6.65. The molecule has 0 atom stereocenters. The number of alkyl halides is 3. The largest absolute Gasteiger partial charge is 0.454 e. The van der Waals surface area contributed by atoms with Gasteiger partial charge in [-0.25, -0.2) is 4.98 Å². The minimum Gasteiger partial charge on any atom is -0.454 e. The standard InChI is InChI=1S/C19H15ClF3N3O2/c1-11(2)12-3-6-14(7-4-12)28-15-10-25-26(18(27)17(15)20)16-8-5-13(9-24-16)19(21,22)23/h3-11H,1-2H3. The number of ether oxygens (including phenoxy) is 1. The van der Waals surface area contributed by atoms with Crippen molar-refractivity contribution in [1.82, 2.24) is 14.8 Å². The lowest BCUT2D eigenvalue weighted by Crippen LogP contribution is -2.22. The first-order valence-electron chi connectivity index (χ1n) is 8.26. The van der Waals surface area contributed by atoms with E-state index in [1.807, 2.05) is 12.1 Å². The highest BCUT2D eigenvalue weighted by Crippen LogP contribution is 2.29. The molecule has 9 heteroatoms. The van der Waals surface area contributed by atoms with Gasteiger partial charge in [0.25, 0.3) is 5.56 Å². The van der Waals surface area contributed by atoms with Crippen LogP contribution < -0.4 is 10.3 Å². The fourth-order valence-corrected chi connectivity index (χ4v) is 2.55. The summed E-state index contributed by atoms with van der Waals surface area (Å²) in [5, 5.41) is 3.63. The maximum absolute atomic E-state index is 12.6. The lowest BCUT2D eigenvalue weighted by Gasteiger charge is -2.11. The van der Waals surface area contributed by atoms with Crippen LogP contribution in [0.4, 0.5) is 13.2 Å². The van der Waals surface area contributed by atoms with Crippen LogP contribution in [-0.4, -0.2) is 14.8 Å². The molecule has 0 bridgehead atoms. The second-order valence-electron chi connectivity index (χ2n) is 6.27. The van der Waals surface area contributed by atoms with Gasteiger partial charge in [-0.3, -0.25) is 4.79 Å². The molecule has 3 aromatic rings. The molecule has 1 aromatic carbocycles. The zero-order valence-corrected chi connectivity index (χ0v) is 15.6. The number of pyridine rings is 1. The molecule has 28 heavy (non-hydrogen) atoms. The van der Waals surface area contributed by atoms with E-state index in [1.165, 1.54) is 6.20 Å². The van der Waals surface area contributed by atoms with Gasteiger partial charge in [0.15, 0.2) is 16.6 Å². The molecule has 3 rings (SSSR count). The van der Waals surface area contributed by atoms with Crippen molar-refractivity contribution in [2.75, 3.05) is 0 Å². The first-order valence-corrected chi connectivity index (χ1v) is 8.64. The van der Waals surface area contributed by atoms with Crippen molar-refractivity contribution in [1.29, 1.82) is 0 Å². The number of nitrogens with zero attached hydrogens (tertiary/aromatic N) is 3. The van der Waals surface area contributed by atoms with Gasteiger partial charge in [-0.1, -0.05) is 37.6 Å². The lowest BCUT2D eigenvalue weighted by atomic mass is 10.0. The quantitative estimate of drug-likeness (QED) is 0.593.